The topological polar surface area (TPSA) is 62.2 Å². The highest BCUT2D eigenvalue weighted by Crippen LogP contribution is 2.22. The lowest BCUT2D eigenvalue weighted by atomic mass is 9.93. The van der Waals surface area contributed by atoms with Crippen LogP contribution in [0.4, 0.5) is 5.69 Å². The second kappa shape index (κ2) is 4.43. The Hall–Kier alpha value is -1.46. The minimum atomic E-state index is -0.776. The fraction of sp³-hybridized carbons (Fsp3) is 0.333. The molecular weight excluding hydrogens is 236 g/mol. The molecule has 90 valence electrons. The van der Waals surface area contributed by atoms with E-state index < -0.39 is 5.41 Å². The van der Waals surface area contributed by atoms with E-state index in [1.807, 2.05) is 23.6 Å². The van der Waals surface area contributed by atoms with E-state index in [4.69, 9.17) is 5.11 Å². The average Bonchev–Trinajstić information content (AvgIpc) is 2.76. The first-order chi connectivity index (χ1) is 8.03. The highest BCUT2D eigenvalue weighted by Gasteiger charge is 2.26. The maximum Gasteiger partial charge on any atom is 0.232 e. The fourth-order valence-corrected chi connectivity index (χ4v) is 1.96. The zero-order chi connectivity index (χ0) is 12.5. The van der Waals surface area contributed by atoms with Gasteiger partial charge >= 0.3 is 0 Å². The number of rotatable bonds is 3. The second-order valence-corrected chi connectivity index (χ2v) is 5.21. The van der Waals surface area contributed by atoms with Crippen LogP contribution in [0.15, 0.2) is 23.6 Å². The van der Waals surface area contributed by atoms with Gasteiger partial charge in [-0.2, -0.15) is 4.37 Å². The number of aromatic nitrogens is 1. The van der Waals surface area contributed by atoms with Gasteiger partial charge in [0.15, 0.2) is 0 Å². The fourth-order valence-electron chi connectivity index (χ4n) is 1.32. The van der Waals surface area contributed by atoms with Crippen LogP contribution in [0.1, 0.15) is 13.8 Å². The van der Waals surface area contributed by atoms with E-state index >= 15 is 0 Å². The molecule has 2 aromatic rings. The number of aliphatic hydroxyl groups excluding tert-OH is 1. The maximum absolute atomic E-state index is 11.9. The van der Waals surface area contributed by atoms with Crippen LogP contribution < -0.4 is 5.32 Å². The smallest absolute Gasteiger partial charge is 0.232 e. The number of nitrogens with zero attached hydrogens (tertiary/aromatic N) is 1. The predicted molar refractivity (Wildman–Crippen MR) is 69.1 cm³/mol. The minimum absolute atomic E-state index is 0.179. The largest absolute Gasteiger partial charge is 0.395 e. The van der Waals surface area contributed by atoms with E-state index in [1.165, 1.54) is 11.5 Å². The number of carbonyl (C=O) groups is 1. The van der Waals surface area contributed by atoms with Gasteiger partial charge in [-0.15, -0.1) is 0 Å². The van der Waals surface area contributed by atoms with E-state index in [0.29, 0.717) is 0 Å². The van der Waals surface area contributed by atoms with Crippen molar-refractivity contribution in [3.63, 3.8) is 0 Å². The highest BCUT2D eigenvalue weighted by molar-refractivity contribution is 7.04. The predicted octanol–water partition coefficient (Wildman–Crippen LogP) is 2.25. The first kappa shape index (κ1) is 12.0. The number of anilines is 1. The van der Waals surface area contributed by atoms with Gasteiger partial charge in [-0.3, -0.25) is 4.79 Å². The molecule has 1 aromatic carbocycles. The van der Waals surface area contributed by atoms with Gasteiger partial charge in [0.05, 0.1) is 17.5 Å². The van der Waals surface area contributed by atoms with Crippen molar-refractivity contribution in [3.8, 4) is 0 Å². The molecule has 0 aliphatic carbocycles. The van der Waals surface area contributed by atoms with E-state index in [-0.39, 0.29) is 12.5 Å². The summed E-state index contributed by atoms with van der Waals surface area (Å²) in [6, 6.07) is 5.56. The van der Waals surface area contributed by atoms with Gasteiger partial charge in [-0.05, 0) is 43.6 Å². The summed E-state index contributed by atoms with van der Waals surface area (Å²) in [5, 5.41) is 14.8. The Morgan fingerprint density at radius 2 is 2.29 bits per heavy atom. The Balaban J connectivity index is 2.21. The summed E-state index contributed by atoms with van der Waals surface area (Å²) in [6.07, 6.45) is 0. The molecule has 0 bridgehead atoms. The molecule has 17 heavy (non-hydrogen) atoms. The number of carbonyl (C=O) groups excluding carboxylic acids is 1. The molecule has 1 amide bonds. The summed E-state index contributed by atoms with van der Waals surface area (Å²) in [5.74, 6) is -0.192. The van der Waals surface area contributed by atoms with Crippen LogP contribution in [-0.2, 0) is 4.79 Å². The summed E-state index contributed by atoms with van der Waals surface area (Å²) in [7, 11) is 0. The summed E-state index contributed by atoms with van der Waals surface area (Å²) in [5.41, 5.74) is 0.876. The van der Waals surface area contributed by atoms with Gasteiger partial charge < -0.3 is 10.4 Å². The molecule has 0 aliphatic heterocycles. The number of aliphatic hydroxyl groups is 1. The molecule has 2 rings (SSSR count). The van der Waals surface area contributed by atoms with Gasteiger partial charge in [-0.25, -0.2) is 0 Å². The molecule has 1 heterocycles. The molecule has 0 saturated heterocycles. The lowest BCUT2D eigenvalue weighted by Gasteiger charge is -2.20. The lowest BCUT2D eigenvalue weighted by Crippen LogP contribution is -2.33. The first-order valence-electron chi connectivity index (χ1n) is 5.29. The van der Waals surface area contributed by atoms with Crippen molar-refractivity contribution in [2.75, 3.05) is 11.9 Å². The number of hydrogen-bond donors (Lipinski definition) is 2. The third-order valence-electron chi connectivity index (χ3n) is 2.63. The number of nitrogens with one attached hydrogen (secondary N) is 1. The molecule has 4 nitrogen and oxygen atoms in total. The summed E-state index contributed by atoms with van der Waals surface area (Å²) < 4.78 is 4.19. The van der Waals surface area contributed by atoms with Gasteiger partial charge in [0, 0.05) is 16.5 Å². The number of amides is 1. The Kier molecular flexibility index (Phi) is 3.13. The molecule has 0 spiro atoms. The third kappa shape index (κ3) is 2.45. The van der Waals surface area contributed by atoms with Crippen LogP contribution in [0, 0.1) is 5.41 Å². The van der Waals surface area contributed by atoms with Crippen LogP contribution in [0.5, 0.6) is 0 Å². The highest BCUT2D eigenvalue weighted by atomic mass is 32.1. The summed E-state index contributed by atoms with van der Waals surface area (Å²) >= 11 is 1.39. The van der Waals surface area contributed by atoms with Crippen molar-refractivity contribution in [2.24, 2.45) is 5.41 Å². The van der Waals surface area contributed by atoms with Crippen molar-refractivity contribution >= 4 is 34.0 Å². The Morgan fingerprint density at radius 3 is 3.00 bits per heavy atom. The number of benzene rings is 1. The Labute approximate surface area is 103 Å². The molecule has 1 aromatic heterocycles. The van der Waals surface area contributed by atoms with Crippen molar-refractivity contribution in [1.29, 1.82) is 0 Å². The Morgan fingerprint density at radius 1 is 1.53 bits per heavy atom. The van der Waals surface area contributed by atoms with Crippen molar-refractivity contribution in [3.05, 3.63) is 23.6 Å². The van der Waals surface area contributed by atoms with Crippen molar-refractivity contribution in [1.82, 2.24) is 4.37 Å². The van der Waals surface area contributed by atoms with Crippen molar-refractivity contribution < 1.29 is 9.90 Å². The monoisotopic (exact) mass is 250 g/mol. The van der Waals surface area contributed by atoms with Crippen LogP contribution in [0.25, 0.3) is 10.9 Å². The molecule has 0 unspecified atom stereocenters. The minimum Gasteiger partial charge on any atom is -0.395 e. The Bertz CT molecular complexity index is 548. The van der Waals surface area contributed by atoms with Crippen LogP contribution >= 0.6 is 11.5 Å². The van der Waals surface area contributed by atoms with Gasteiger partial charge in [0.25, 0.3) is 0 Å². The first-order valence-corrected chi connectivity index (χ1v) is 6.13. The average molecular weight is 250 g/mol. The quantitative estimate of drug-likeness (QED) is 0.878. The normalized spacial score (nSPS) is 11.7. The maximum atomic E-state index is 11.9. The zero-order valence-corrected chi connectivity index (χ0v) is 10.5. The molecule has 0 fully saturated rings. The molecule has 5 heteroatoms. The van der Waals surface area contributed by atoms with E-state index in [0.717, 1.165) is 16.6 Å². The molecule has 0 saturated carbocycles. The van der Waals surface area contributed by atoms with Crippen LogP contribution in [0.3, 0.4) is 0 Å². The summed E-state index contributed by atoms with van der Waals surface area (Å²) in [6.45, 7) is 3.22. The zero-order valence-electron chi connectivity index (χ0n) is 9.73. The molecule has 2 N–H and O–H groups in total. The number of fused-ring (bicyclic) bond motifs is 1. The molecule has 0 atom stereocenters. The van der Waals surface area contributed by atoms with Crippen LogP contribution in [-0.4, -0.2) is 22.0 Å². The van der Waals surface area contributed by atoms with Gasteiger partial charge in [0.2, 0.25) is 5.91 Å². The number of hydrogen-bond acceptors (Lipinski definition) is 4. The second-order valence-electron chi connectivity index (χ2n) is 4.58. The summed E-state index contributed by atoms with van der Waals surface area (Å²) in [4.78, 5) is 11.9. The van der Waals surface area contributed by atoms with Crippen molar-refractivity contribution in [2.45, 2.75) is 13.8 Å². The molecular formula is C12H14N2O2S. The third-order valence-corrected chi connectivity index (χ3v) is 3.29. The molecule has 0 aliphatic rings. The lowest BCUT2D eigenvalue weighted by molar-refractivity contribution is -0.125. The SMILES string of the molecule is CC(C)(CO)C(=O)Nc1ccc2nscc2c1. The van der Waals surface area contributed by atoms with Crippen LogP contribution in [0.2, 0.25) is 0 Å². The van der Waals surface area contributed by atoms with E-state index in [1.54, 1.807) is 13.8 Å². The standard InChI is InChI=1S/C12H14N2O2S/c1-12(2,7-15)11(16)13-9-3-4-10-8(5-9)6-17-14-10/h3-6,15H,7H2,1-2H3,(H,13,16). The van der Waals surface area contributed by atoms with Gasteiger partial charge in [-0.1, -0.05) is 0 Å². The molecule has 0 radical (unpaired) electrons. The van der Waals surface area contributed by atoms with E-state index in [9.17, 15) is 4.79 Å². The van der Waals surface area contributed by atoms with Gasteiger partial charge in [0.1, 0.15) is 0 Å². The van der Waals surface area contributed by atoms with E-state index in [2.05, 4.69) is 9.69 Å².